The highest BCUT2D eigenvalue weighted by atomic mass is 32.2. The lowest BCUT2D eigenvalue weighted by molar-refractivity contribution is -0.118. The first-order valence-corrected chi connectivity index (χ1v) is 9.06. The van der Waals surface area contributed by atoms with Crippen LogP contribution in [0.3, 0.4) is 0 Å². The molecule has 0 fully saturated rings. The molecule has 0 aliphatic carbocycles. The van der Waals surface area contributed by atoms with Crippen LogP contribution in [0, 0.1) is 0 Å². The zero-order valence-electron chi connectivity index (χ0n) is 13.8. The average molecular weight is 361 g/mol. The molecule has 0 spiro atoms. The fourth-order valence-electron chi connectivity index (χ4n) is 2.61. The van der Waals surface area contributed by atoms with E-state index in [-0.39, 0.29) is 11.7 Å². The summed E-state index contributed by atoms with van der Waals surface area (Å²) in [6.07, 6.45) is 1.66. The molecular formula is C20H15N3O2S. The molecule has 1 amide bonds. The van der Waals surface area contributed by atoms with Crippen molar-refractivity contribution in [3.05, 3.63) is 72.3 Å². The van der Waals surface area contributed by atoms with Gasteiger partial charge in [-0.15, -0.1) is 0 Å². The van der Waals surface area contributed by atoms with Crippen LogP contribution in [0.25, 0.3) is 21.9 Å². The van der Waals surface area contributed by atoms with Gasteiger partial charge in [0.2, 0.25) is 0 Å². The van der Waals surface area contributed by atoms with Crippen LogP contribution in [-0.4, -0.2) is 22.9 Å². The number of hydrogen-bond acceptors (Lipinski definition) is 5. The minimum absolute atomic E-state index is 0.180. The number of rotatable bonds is 5. The molecule has 4 rings (SSSR count). The van der Waals surface area contributed by atoms with Crippen LogP contribution < -0.4 is 5.43 Å². The minimum Gasteiger partial charge on any atom is -0.431 e. The van der Waals surface area contributed by atoms with Gasteiger partial charge in [-0.05, 0) is 22.9 Å². The highest BCUT2D eigenvalue weighted by Gasteiger charge is 2.08. The summed E-state index contributed by atoms with van der Waals surface area (Å²) in [5.41, 5.74) is 4.99. The normalized spacial score (nSPS) is 11.4. The summed E-state index contributed by atoms with van der Waals surface area (Å²) in [5.74, 6) is -0.0339. The SMILES string of the molecule is O=C(CSc1nc2ccccc2o1)N/N=C/c1cccc2ccccc12. The van der Waals surface area contributed by atoms with E-state index in [0.717, 1.165) is 21.9 Å². The molecule has 0 unspecified atom stereocenters. The van der Waals surface area contributed by atoms with E-state index in [0.29, 0.717) is 10.8 Å². The summed E-state index contributed by atoms with van der Waals surface area (Å²) in [6, 6.07) is 21.5. The van der Waals surface area contributed by atoms with Crippen LogP contribution in [0.4, 0.5) is 0 Å². The molecule has 0 bridgehead atoms. The number of nitrogens with zero attached hydrogens (tertiary/aromatic N) is 2. The van der Waals surface area contributed by atoms with E-state index in [2.05, 4.69) is 15.5 Å². The van der Waals surface area contributed by atoms with Crippen LogP contribution >= 0.6 is 11.8 Å². The number of oxazole rings is 1. The van der Waals surface area contributed by atoms with Crippen LogP contribution in [0.2, 0.25) is 0 Å². The highest BCUT2D eigenvalue weighted by molar-refractivity contribution is 7.99. The molecule has 0 radical (unpaired) electrons. The molecule has 128 valence electrons. The summed E-state index contributed by atoms with van der Waals surface area (Å²) in [6.45, 7) is 0. The molecule has 1 N–H and O–H groups in total. The molecule has 0 saturated heterocycles. The lowest BCUT2D eigenvalue weighted by atomic mass is 10.1. The molecule has 5 nitrogen and oxygen atoms in total. The Labute approximate surface area is 154 Å². The van der Waals surface area contributed by atoms with Gasteiger partial charge in [0.25, 0.3) is 11.1 Å². The monoisotopic (exact) mass is 361 g/mol. The van der Waals surface area contributed by atoms with Gasteiger partial charge in [-0.1, -0.05) is 66.4 Å². The fraction of sp³-hybridized carbons (Fsp3) is 0.0500. The Morgan fingerprint density at radius 1 is 1.08 bits per heavy atom. The number of carbonyl (C=O) groups excluding carboxylic acids is 1. The maximum atomic E-state index is 12.0. The number of amides is 1. The Morgan fingerprint density at radius 3 is 2.81 bits per heavy atom. The van der Waals surface area contributed by atoms with E-state index in [4.69, 9.17) is 4.42 Å². The molecule has 0 atom stereocenters. The number of nitrogens with one attached hydrogen (secondary N) is 1. The summed E-state index contributed by atoms with van der Waals surface area (Å²) in [5, 5.41) is 6.75. The molecule has 0 aliphatic rings. The van der Waals surface area contributed by atoms with Gasteiger partial charge in [-0.3, -0.25) is 4.79 Å². The van der Waals surface area contributed by atoms with Crippen molar-refractivity contribution in [2.24, 2.45) is 5.10 Å². The van der Waals surface area contributed by atoms with Crippen molar-refractivity contribution in [1.29, 1.82) is 0 Å². The van der Waals surface area contributed by atoms with E-state index in [1.54, 1.807) is 6.21 Å². The van der Waals surface area contributed by atoms with E-state index in [1.165, 1.54) is 11.8 Å². The van der Waals surface area contributed by atoms with Gasteiger partial charge in [0.05, 0.1) is 12.0 Å². The Balaban J connectivity index is 1.36. The van der Waals surface area contributed by atoms with Crippen molar-refractivity contribution in [3.63, 3.8) is 0 Å². The fourth-order valence-corrected chi connectivity index (χ4v) is 3.24. The number of aromatic nitrogens is 1. The number of para-hydroxylation sites is 2. The smallest absolute Gasteiger partial charge is 0.257 e. The van der Waals surface area contributed by atoms with E-state index >= 15 is 0 Å². The zero-order valence-corrected chi connectivity index (χ0v) is 14.6. The van der Waals surface area contributed by atoms with Gasteiger partial charge in [-0.25, -0.2) is 10.4 Å². The summed E-state index contributed by atoms with van der Waals surface area (Å²) in [4.78, 5) is 16.3. The first kappa shape index (κ1) is 16.4. The molecule has 0 aliphatic heterocycles. The molecule has 1 aromatic heterocycles. The molecule has 4 aromatic rings. The lowest BCUT2D eigenvalue weighted by Crippen LogP contribution is -2.19. The van der Waals surface area contributed by atoms with Crippen LogP contribution in [0.15, 0.2) is 81.5 Å². The Bertz CT molecular complexity index is 1070. The zero-order chi connectivity index (χ0) is 17.8. The van der Waals surface area contributed by atoms with Crippen molar-refractivity contribution >= 4 is 45.8 Å². The number of benzene rings is 3. The summed E-state index contributed by atoms with van der Waals surface area (Å²) < 4.78 is 5.57. The number of hydrazone groups is 1. The number of hydrogen-bond donors (Lipinski definition) is 1. The van der Waals surface area contributed by atoms with Crippen molar-refractivity contribution in [1.82, 2.24) is 10.4 Å². The quantitative estimate of drug-likeness (QED) is 0.328. The maximum absolute atomic E-state index is 12.0. The van der Waals surface area contributed by atoms with Gasteiger partial charge in [-0.2, -0.15) is 5.10 Å². The molecule has 26 heavy (non-hydrogen) atoms. The second kappa shape index (κ2) is 7.41. The van der Waals surface area contributed by atoms with Crippen LogP contribution in [-0.2, 0) is 4.79 Å². The molecule has 6 heteroatoms. The Kier molecular flexibility index (Phi) is 4.66. The number of fused-ring (bicyclic) bond motifs is 2. The molecule has 3 aromatic carbocycles. The predicted molar refractivity (Wildman–Crippen MR) is 104 cm³/mol. The average Bonchev–Trinajstić information content (AvgIpc) is 3.10. The number of carbonyl (C=O) groups is 1. The van der Waals surface area contributed by atoms with E-state index in [9.17, 15) is 4.79 Å². The van der Waals surface area contributed by atoms with Gasteiger partial charge >= 0.3 is 0 Å². The third-order valence-corrected chi connectivity index (χ3v) is 4.65. The van der Waals surface area contributed by atoms with Crippen molar-refractivity contribution in [2.45, 2.75) is 5.22 Å². The van der Waals surface area contributed by atoms with Gasteiger partial charge in [0, 0.05) is 5.56 Å². The van der Waals surface area contributed by atoms with Crippen molar-refractivity contribution in [3.8, 4) is 0 Å². The first-order valence-electron chi connectivity index (χ1n) is 8.08. The van der Waals surface area contributed by atoms with Crippen LogP contribution in [0.5, 0.6) is 0 Å². The largest absolute Gasteiger partial charge is 0.431 e. The predicted octanol–water partition coefficient (Wildman–Crippen LogP) is 4.22. The summed E-state index contributed by atoms with van der Waals surface area (Å²) in [7, 11) is 0. The topological polar surface area (TPSA) is 67.5 Å². The molecule has 1 heterocycles. The Morgan fingerprint density at radius 2 is 1.88 bits per heavy atom. The second-order valence-corrected chi connectivity index (χ2v) is 6.52. The van der Waals surface area contributed by atoms with Gasteiger partial charge in [0.1, 0.15) is 5.52 Å². The second-order valence-electron chi connectivity index (χ2n) is 5.60. The van der Waals surface area contributed by atoms with Gasteiger partial charge < -0.3 is 4.42 Å². The minimum atomic E-state index is -0.214. The first-order chi connectivity index (χ1) is 12.8. The van der Waals surface area contributed by atoms with Crippen LogP contribution in [0.1, 0.15) is 5.56 Å². The number of thioether (sulfide) groups is 1. The third-order valence-electron chi connectivity index (χ3n) is 3.82. The van der Waals surface area contributed by atoms with Crippen molar-refractivity contribution in [2.75, 3.05) is 5.75 Å². The standard InChI is InChI=1S/C20H15N3O2S/c24-19(13-26-20-22-17-10-3-4-11-18(17)25-20)23-21-12-15-8-5-7-14-6-1-2-9-16(14)15/h1-12H,13H2,(H,23,24)/b21-12+. The lowest BCUT2D eigenvalue weighted by Gasteiger charge is -2.01. The van der Waals surface area contributed by atoms with E-state index < -0.39 is 0 Å². The Hall–Kier alpha value is -3.12. The van der Waals surface area contributed by atoms with Crippen molar-refractivity contribution < 1.29 is 9.21 Å². The van der Waals surface area contributed by atoms with E-state index in [1.807, 2.05) is 66.7 Å². The van der Waals surface area contributed by atoms with Gasteiger partial charge in [0.15, 0.2) is 5.58 Å². The highest BCUT2D eigenvalue weighted by Crippen LogP contribution is 2.22. The summed E-state index contributed by atoms with van der Waals surface area (Å²) >= 11 is 1.24. The molecular weight excluding hydrogens is 346 g/mol. The third kappa shape index (κ3) is 3.60. The molecule has 0 saturated carbocycles. The maximum Gasteiger partial charge on any atom is 0.257 e.